The first kappa shape index (κ1) is 19.0. The van der Waals surface area contributed by atoms with Crippen molar-refractivity contribution in [3.05, 3.63) is 56.3 Å². The van der Waals surface area contributed by atoms with Gasteiger partial charge in [-0.25, -0.2) is 9.59 Å². The number of methoxy groups -OCH3 is 1. The van der Waals surface area contributed by atoms with Gasteiger partial charge in [0.15, 0.2) is 6.61 Å². The Hall–Kier alpha value is -2.31. The third-order valence-corrected chi connectivity index (χ3v) is 4.14. The zero-order valence-corrected chi connectivity index (χ0v) is 15.2. The van der Waals surface area contributed by atoms with E-state index in [1.807, 2.05) is 0 Å². The molecular formula is C17H15Cl2NO5. The van der Waals surface area contributed by atoms with E-state index in [4.69, 9.17) is 27.9 Å². The van der Waals surface area contributed by atoms with Crippen molar-refractivity contribution in [2.45, 2.75) is 13.8 Å². The lowest BCUT2D eigenvalue weighted by Crippen LogP contribution is -2.15. The minimum Gasteiger partial charge on any atom is -0.465 e. The smallest absolute Gasteiger partial charge is 0.355 e. The van der Waals surface area contributed by atoms with Crippen molar-refractivity contribution in [1.82, 2.24) is 4.98 Å². The van der Waals surface area contributed by atoms with Crippen LogP contribution in [0.25, 0.3) is 0 Å². The molecule has 1 aromatic carbocycles. The van der Waals surface area contributed by atoms with Crippen LogP contribution < -0.4 is 0 Å². The van der Waals surface area contributed by atoms with Crippen LogP contribution >= 0.6 is 23.2 Å². The van der Waals surface area contributed by atoms with Crippen molar-refractivity contribution in [3.63, 3.8) is 0 Å². The fourth-order valence-electron chi connectivity index (χ4n) is 2.36. The van der Waals surface area contributed by atoms with Crippen LogP contribution in [0.4, 0.5) is 0 Å². The van der Waals surface area contributed by atoms with Gasteiger partial charge >= 0.3 is 11.9 Å². The van der Waals surface area contributed by atoms with Crippen LogP contribution in [-0.2, 0) is 9.47 Å². The highest BCUT2D eigenvalue weighted by molar-refractivity contribution is 6.36. The Morgan fingerprint density at radius 2 is 1.80 bits per heavy atom. The van der Waals surface area contributed by atoms with Crippen LogP contribution in [-0.4, -0.2) is 36.4 Å². The summed E-state index contributed by atoms with van der Waals surface area (Å²) < 4.78 is 9.71. The molecule has 0 spiro atoms. The molecule has 0 amide bonds. The number of benzene rings is 1. The van der Waals surface area contributed by atoms with Gasteiger partial charge < -0.3 is 14.5 Å². The molecule has 6 nitrogen and oxygen atoms in total. The number of carbonyl (C=O) groups is 3. The van der Waals surface area contributed by atoms with Gasteiger partial charge in [-0.3, -0.25) is 4.79 Å². The van der Waals surface area contributed by atoms with Gasteiger partial charge in [-0.2, -0.15) is 0 Å². The number of nitrogens with one attached hydrogen (secondary N) is 1. The highest BCUT2D eigenvalue weighted by Crippen LogP contribution is 2.22. The molecule has 0 unspecified atom stereocenters. The number of aryl methyl sites for hydroxylation is 1. The first-order valence-corrected chi connectivity index (χ1v) is 7.94. The number of ketones is 1. The van der Waals surface area contributed by atoms with Crippen LogP contribution in [0.15, 0.2) is 18.2 Å². The number of rotatable bonds is 5. The highest BCUT2D eigenvalue weighted by atomic mass is 35.5. The Balaban J connectivity index is 2.13. The minimum atomic E-state index is -0.755. The molecule has 2 rings (SSSR count). The van der Waals surface area contributed by atoms with Gasteiger partial charge in [0, 0.05) is 16.3 Å². The van der Waals surface area contributed by atoms with Gasteiger partial charge in [0.1, 0.15) is 5.69 Å². The van der Waals surface area contributed by atoms with E-state index in [9.17, 15) is 14.4 Å². The molecule has 0 fully saturated rings. The average Bonchev–Trinajstić information content (AvgIpc) is 2.86. The van der Waals surface area contributed by atoms with Gasteiger partial charge in [-0.1, -0.05) is 23.2 Å². The molecule has 0 aliphatic carbocycles. The molecule has 1 N–H and O–H groups in total. The minimum absolute atomic E-state index is 0.0907. The van der Waals surface area contributed by atoms with E-state index in [0.29, 0.717) is 16.3 Å². The van der Waals surface area contributed by atoms with Crippen molar-refractivity contribution in [1.29, 1.82) is 0 Å². The van der Waals surface area contributed by atoms with Crippen molar-refractivity contribution < 1.29 is 23.9 Å². The first-order chi connectivity index (χ1) is 11.8. The number of carbonyl (C=O) groups excluding carboxylic acids is 3. The zero-order chi connectivity index (χ0) is 18.7. The summed E-state index contributed by atoms with van der Waals surface area (Å²) in [4.78, 5) is 38.9. The summed E-state index contributed by atoms with van der Waals surface area (Å²) in [6.45, 7) is 2.73. The predicted octanol–water partition coefficient (Wildman–Crippen LogP) is 3.76. The van der Waals surface area contributed by atoms with Crippen molar-refractivity contribution >= 4 is 40.9 Å². The molecule has 25 heavy (non-hydrogen) atoms. The Labute approximate surface area is 154 Å². The predicted molar refractivity (Wildman–Crippen MR) is 92.7 cm³/mol. The van der Waals surface area contributed by atoms with E-state index in [1.54, 1.807) is 13.8 Å². The van der Waals surface area contributed by atoms with Crippen LogP contribution in [0.5, 0.6) is 0 Å². The number of H-pyrrole nitrogens is 1. The Morgan fingerprint density at radius 1 is 1.12 bits per heavy atom. The quantitative estimate of drug-likeness (QED) is 0.627. The number of hydrogen-bond donors (Lipinski definition) is 1. The van der Waals surface area contributed by atoms with E-state index in [0.717, 1.165) is 0 Å². The number of aromatic nitrogens is 1. The lowest BCUT2D eigenvalue weighted by molar-refractivity contribution is 0.0468. The number of hydrogen-bond acceptors (Lipinski definition) is 5. The van der Waals surface area contributed by atoms with E-state index in [1.165, 1.54) is 25.3 Å². The maximum Gasteiger partial charge on any atom is 0.355 e. The molecule has 0 atom stereocenters. The van der Waals surface area contributed by atoms with E-state index in [-0.39, 0.29) is 21.8 Å². The van der Waals surface area contributed by atoms with E-state index in [2.05, 4.69) is 9.72 Å². The summed E-state index contributed by atoms with van der Waals surface area (Å²) in [6.07, 6.45) is 0. The van der Waals surface area contributed by atoms with Crippen LogP contribution in [0.2, 0.25) is 10.0 Å². The molecule has 0 saturated carbocycles. The van der Waals surface area contributed by atoms with Crippen LogP contribution in [0.3, 0.4) is 0 Å². The third kappa shape index (κ3) is 4.03. The van der Waals surface area contributed by atoms with Crippen molar-refractivity contribution in [3.8, 4) is 0 Å². The molecule has 1 heterocycles. The van der Waals surface area contributed by atoms with Crippen molar-refractivity contribution in [2.24, 2.45) is 0 Å². The summed E-state index contributed by atoms with van der Waals surface area (Å²) in [5, 5.41) is 0.569. The summed E-state index contributed by atoms with van der Waals surface area (Å²) in [5.41, 5.74) is 1.43. The topological polar surface area (TPSA) is 85.5 Å². The summed E-state index contributed by atoms with van der Waals surface area (Å²) in [5.74, 6) is -1.78. The standard InChI is InChI=1S/C17H15Cl2NO5/c1-8-14(16(22)24-3)9(2)20-15(8)17(23)25-7-13(21)11-5-4-10(18)6-12(11)19/h4-6,20H,7H2,1-3H3. The van der Waals surface area contributed by atoms with E-state index < -0.39 is 24.3 Å². The lowest BCUT2D eigenvalue weighted by Gasteiger charge is -2.06. The fraction of sp³-hybridized carbons (Fsp3) is 0.235. The molecule has 8 heteroatoms. The summed E-state index contributed by atoms with van der Waals surface area (Å²) in [7, 11) is 1.25. The number of halogens is 2. The zero-order valence-electron chi connectivity index (χ0n) is 13.7. The maximum atomic E-state index is 12.2. The number of ether oxygens (including phenoxy) is 2. The lowest BCUT2D eigenvalue weighted by atomic mass is 10.1. The second-order valence-electron chi connectivity index (χ2n) is 5.24. The van der Waals surface area contributed by atoms with Crippen LogP contribution in [0.1, 0.15) is 42.5 Å². The summed E-state index contributed by atoms with van der Waals surface area (Å²) in [6, 6.07) is 4.41. The van der Waals surface area contributed by atoms with Gasteiger partial charge in [0.2, 0.25) is 5.78 Å². The normalized spacial score (nSPS) is 10.4. The molecule has 0 bridgehead atoms. The maximum absolute atomic E-state index is 12.2. The Morgan fingerprint density at radius 3 is 2.40 bits per heavy atom. The number of aromatic amines is 1. The first-order valence-electron chi connectivity index (χ1n) is 7.19. The van der Waals surface area contributed by atoms with Crippen LogP contribution in [0, 0.1) is 13.8 Å². The van der Waals surface area contributed by atoms with Gasteiger partial charge in [-0.15, -0.1) is 0 Å². The van der Waals surface area contributed by atoms with Gasteiger partial charge in [-0.05, 0) is 37.6 Å². The average molecular weight is 384 g/mol. The molecule has 0 aliphatic heterocycles. The monoisotopic (exact) mass is 383 g/mol. The molecule has 0 saturated heterocycles. The molecule has 1 aromatic heterocycles. The second kappa shape index (κ2) is 7.72. The molecule has 0 radical (unpaired) electrons. The van der Waals surface area contributed by atoms with Crippen molar-refractivity contribution in [2.75, 3.05) is 13.7 Å². The molecular weight excluding hydrogens is 369 g/mol. The van der Waals surface area contributed by atoms with E-state index >= 15 is 0 Å². The number of Topliss-reactive ketones (excluding diaryl/α,β-unsaturated/α-hetero) is 1. The third-order valence-electron chi connectivity index (χ3n) is 3.60. The Bertz CT molecular complexity index is 857. The number of esters is 2. The molecule has 2 aromatic rings. The largest absolute Gasteiger partial charge is 0.465 e. The fourth-order valence-corrected chi connectivity index (χ4v) is 2.87. The van der Waals surface area contributed by atoms with Gasteiger partial charge in [0.05, 0.1) is 17.7 Å². The Kier molecular flexibility index (Phi) is 5.87. The highest BCUT2D eigenvalue weighted by Gasteiger charge is 2.24. The molecule has 0 aliphatic rings. The van der Waals surface area contributed by atoms with Gasteiger partial charge in [0.25, 0.3) is 0 Å². The second-order valence-corrected chi connectivity index (χ2v) is 6.08. The SMILES string of the molecule is COC(=O)c1c(C)[nH]c(C(=O)OCC(=O)c2ccc(Cl)cc2Cl)c1C. The molecule has 132 valence electrons. The summed E-state index contributed by atoms with van der Waals surface area (Å²) >= 11 is 11.7.